The molecule has 0 atom stereocenters. The Morgan fingerprint density at radius 1 is 0.944 bits per heavy atom. The summed E-state index contributed by atoms with van der Waals surface area (Å²) in [4.78, 5) is 0. The lowest BCUT2D eigenvalue weighted by Crippen LogP contribution is -2.53. The third kappa shape index (κ3) is 2.30. The number of hydrogen-bond acceptors (Lipinski definition) is 1. The minimum absolute atomic E-state index is 0.228. The van der Waals surface area contributed by atoms with Crippen LogP contribution in [0.5, 0.6) is 0 Å². The minimum Gasteiger partial charge on any atom is -0.371 e. The quantitative estimate of drug-likeness (QED) is 0.627. The summed E-state index contributed by atoms with van der Waals surface area (Å²) in [5.41, 5.74) is 0.228. The number of rotatable bonds is 6. The molecule has 0 radical (unpaired) electrons. The third-order valence-corrected chi connectivity index (χ3v) is 5.26. The van der Waals surface area contributed by atoms with Crippen molar-refractivity contribution in [1.82, 2.24) is 0 Å². The molecule has 0 aromatic carbocycles. The first-order valence-corrected chi connectivity index (χ1v) is 7.62. The van der Waals surface area contributed by atoms with Gasteiger partial charge in [0.2, 0.25) is 0 Å². The molecule has 4 aliphatic rings. The standard InChI is InChI=1S/C17H26O/c1-3-5-16(6-4-2)18-17-10-13-7-14(11-17)9-15(8-13)12-17/h3-4,13-16H,1-2,5-12H2. The van der Waals surface area contributed by atoms with E-state index >= 15 is 0 Å². The fourth-order valence-corrected chi connectivity index (χ4v) is 5.09. The van der Waals surface area contributed by atoms with Gasteiger partial charge in [-0.2, -0.15) is 0 Å². The van der Waals surface area contributed by atoms with Crippen molar-refractivity contribution in [2.75, 3.05) is 0 Å². The van der Waals surface area contributed by atoms with Crippen LogP contribution in [0.3, 0.4) is 0 Å². The molecule has 1 nitrogen and oxygen atoms in total. The van der Waals surface area contributed by atoms with Gasteiger partial charge >= 0.3 is 0 Å². The van der Waals surface area contributed by atoms with E-state index in [1.54, 1.807) is 0 Å². The van der Waals surface area contributed by atoms with E-state index < -0.39 is 0 Å². The first-order valence-electron chi connectivity index (χ1n) is 7.62. The van der Waals surface area contributed by atoms with Crippen LogP contribution >= 0.6 is 0 Å². The van der Waals surface area contributed by atoms with E-state index in [4.69, 9.17) is 4.74 Å². The minimum atomic E-state index is 0.228. The summed E-state index contributed by atoms with van der Waals surface area (Å²) >= 11 is 0. The van der Waals surface area contributed by atoms with Gasteiger partial charge in [-0.3, -0.25) is 0 Å². The van der Waals surface area contributed by atoms with Gasteiger partial charge in [0, 0.05) is 0 Å². The highest BCUT2D eigenvalue weighted by Crippen LogP contribution is 2.57. The van der Waals surface area contributed by atoms with Crippen molar-refractivity contribution in [3.05, 3.63) is 25.3 Å². The van der Waals surface area contributed by atoms with E-state index in [9.17, 15) is 0 Å². The molecule has 4 aliphatic carbocycles. The summed E-state index contributed by atoms with van der Waals surface area (Å²) in [6, 6.07) is 0. The van der Waals surface area contributed by atoms with Gasteiger partial charge in [0.25, 0.3) is 0 Å². The van der Waals surface area contributed by atoms with Gasteiger partial charge in [-0.1, -0.05) is 12.2 Å². The Kier molecular flexibility index (Phi) is 3.36. The molecule has 4 saturated carbocycles. The van der Waals surface area contributed by atoms with Crippen LogP contribution in [0.25, 0.3) is 0 Å². The first kappa shape index (κ1) is 12.5. The van der Waals surface area contributed by atoms with Crippen LogP contribution in [-0.4, -0.2) is 11.7 Å². The average Bonchev–Trinajstić information content (AvgIpc) is 2.26. The van der Waals surface area contributed by atoms with Gasteiger partial charge in [0.15, 0.2) is 0 Å². The molecule has 0 aliphatic heterocycles. The summed E-state index contributed by atoms with van der Waals surface area (Å²) < 4.78 is 6.59. The molecule has 0 amide bonds. The van der Waals surface area contributed by atoms with E-state index in [1.807, 2.05) is 12.2 Å². The zero-order chi connectivity index (χ0) is 12.6. The average molecular weight is 246 g/mol. The Morgan fingerprint density at radius 3 is 1.78 bits per heavy atom. The fraction of sp³-hybridized carbons (Fsp3) is 0.765. The Balaban J connectivity index is 1.70. The highest BCUT2D eigenvalue weighted by atomic mass is 16.5. The van der Waals surface area contributed by atoms with E-state index in [0.29, 0.717) is 6.10 Å². The van der Waals surface area contributed by atoms with Crippen molar-refractivity contribution in [1.29, 1.82) is 0 Å². The van der Waals surface area contributed by atoms with Gasteiger partial charge in [0.1, 0.15) is 0 Å². The van der Waals surface area contributed by atoms with Crippen LogP contribution in [0.15, 0.2) is 25.3 Å². The SMILES string of the molecule is C=CCC(CC=C)OC12CC3CC(CC(C3)C1)C2. The summed E-state index contributed by atoms with van der Waals surface area (Å²) in [5, 5.41) is 0. The Hall–Kier alpha value is -0.560. The zero-order valence-electron chi connectivity index (χ0n) is 11.4. The second kappa shape index (κ2) is 4.85. The van der Waals surface area contributed by atoms with Gasteiger partial charge in [-0.15, -0.1) is 13.2 Å². The van der Waals surface area contributed by atoms with Gasteiger partial charge in [0.05, 0.1) is 11.7 Å². The molecule has 4 bridgehead atoms. The highest BCUT2D eigenvalue weighted by molar-refractivity contribution is 5.03. The van der Waals surface area contributed by atoms with Gasteiger partial charge in [-0.05, 0) is 69.1 Å². The van der Waals surface area contributed by atoms with Crippen LogP contribution in [0.2, 0.25) is 0 Å². The van der Waals surface area contributed by atoms with Crippen molar-refractivity contribution >= 4 is 0 Å². The molecule has 4 fully saturated rings. The predicted octanol–water partition coefficient (Wildman–Crippen LogP) is 4.49. The highest BCUT2D eigenvalue weighted by Gasteiger charge is 2.52. The van der Waals surface area contributed by atoms with Crippen molar-refractivity contribution < 1.29 is 4.74 Å². The van der Waals surface area contributed by atoms with Gasteiger partial charge in [-0.25, -0.2) is 0 Å². The molecule has 0 heterocycles. The van der Waals surface area contributed by atoms with E-state index in [-0.39, 0.29) is 5.60 Å². The van der Waals surface area contributed by atoms with Gasteiger partial charge < -0.3 is 4.74 Å². The number of hydrogen-bond donors (Lipinski definition) is 0. The molecule has 0 spiro atoms. The maximum absolute atomic E-state index is 6.59. The summed E-state index contributed by atoms with van der Waals surface area (Å²) in [7, 11) is 0. The molecule has 0 aromatic heterocycles. The summed E-state index contributed by atoms with van der Waals surface area (Å²) in [6.45, 7) is 7.73. The van der Waals surface area contributed by atoms with E-state index in [0.717, 1.165) is 30.6 Å². The Morgan fingerprint density at radius 2 is 1.39 bits per heavy atom. The topological polar surface area (TPSA) is 9.23 Å². The van der Waals surface area contributed by atoms with Crippen LogP contribution in [0.4, 0.5) is 0 Å². The molecule has 0 aromatic rings. The normalized spacial score (nSPS) is 41.3. The smallest absolute Gasteiger partial charge is 0.0694 e. The second-order valence-corrected chi connectivity index (χ2v) is 6.89. The van der Waals surface area contributed by atoms with Crippen molar-refractivity contribution in [2.45, 2.75) is 63.1 Å². The lowest BCUT2D eigenvalue weighted by Gasteiger charge is -2.57. The molecular weight excluding hydrogens is 220 g/mol. The predicted molar refractivity (Wildman–Crippen MR) is 75.4 cm³/mol. The van der Waals surface area contributed by atoms with Crippen molar-refractivity contribution in [3.8, 4) is 0 Å². The Labute approximate surface area is 111 Å². The van der Waals surface area contributed by atoms with E-state index in [1.165, 1.54) is 38.5 Å². The Bertz CT molecular complexity index is 285. The molecule has 18 heavy (non-hydrogen) atoms. The van der Waals surface area contributed by atoms with Crippen LogP contribution < -0.4 is 0 Å². The molecule has 0 unspecified atom stereocenters. The summed E-state index contributed by atoms with van der Waals surface area (Å²) in [6.07, 6.45) is 14.7. The number of ether oxygens (including phenoxy) is 1. The molecule has 0 saturated heterocycles. The van der Waals surface area contributed by atoms with E-state index in [2.05, 4.69) is 13.2 Å². The zero-order valence-corrected chi connectivity index (χ0v) is 11.4. The maximum atomic E-state index is 6.59. The largest absolute Gasteiger partial charge is 0.371 e. The molecule has 1 heteroatoms. The van der Waals surface area contributed by atoms with Crippen molar-refractivity contribution in [2.24, 2.45) is 17.8 Å². The lowest BCUT2D eigenvalue weighted by atomic mass is 9.54. The molecule has 0 N–H and O–H groups in total. The molecular formula is C17H26O. The molecule has 100 valence electrons. The first-order chi connectivity index (χ1) is 8.73. The second-order valence-electron chi connectivity index (χ2n) is 6.89. The third-order valence-electron chi connectivity index (χ3n) is 5.26. The lowest BCUT2D eigenvalue weighted by molar-refractivity contribution is -0.186. The van der Waals surface area contributed by atoms with Crippen LogP contribution in [0, 0.1) is 17.8 Å². The monoisotopic (exact) mass is 246 g/mol. The van der Waals surface area contributed by atoms with Crippen LogP contribution in [0.1, 0.15) is 51.4 Å². The summed E-state index contributed by atoms with van der Waals surface area (Å²) in [5.74, 6) is 2.89. The molecule has 4 rings (SSSR count). The maximum Gasteiger partial charge on any atom is 0.0694 e. The van der Waals surface area contributed by atoms with Crippen LogP contribution in [-0.2, 0) is 4.74 Å². The fourth-order valence-electron chi connectivity index (χ4n) is 5.09. The van der Waals surface area contributed by atoms with Crippen molar-refractivity contribution in [3.63, 3.8) is 0 Å².